The van der Waals surface area contributed by atoms with Crippen molar-refractivity contribution in [1.82, 2.24) is 0 Å². The molecule has 0 heterocycles. The second-order valence-corrected chi connectivity index (χ2v) is 2.72. The van der Waals surface area contributed by atoms with Crippen molar-refractivity contribution >= 4 is 17.6 Å². The molecule has 0 atom stereocenters. The molecule has 3 heteroatoms. The highest BCUT2D eigenvalue weighted by Gasteiger charge is 2.00. The van der Waals surface area contributed by atoms with Gasteiger partial charge in [-0.05, 0) is 18.2 Å². The van der Waals surface area contributed by atoms with Crippen LogP contribution in [0, 0.1) is 0 Å². The van der Waals surface area contributed by atoms with Crippen molar-refractivity contribution in [2.45, 2.75) is 13.3 Å². The Hall–Kier alpha value is -1.02. The summed E-state index contributed by atoms with van der Waals surface area (Å²) in [6, 6.07) is 6.76. The van der Waals surface area contributed by atoms with Crippen LogP contribution >= 0.6 is 11.6 Å². The van der Waals surface area contributed by atoms with E-state index >= 15 is 0 Å². The first-order valence-electron chi connectivity index (χ1n) is 3.68. The second kappa shape index (κ2) is 4.12. The van der Waals surface area contributed by atoms with Crippen LogP contribution < -0.4 is 4.74 Å². The standard InChI is InChI=1S/C9H9ClO2/c1-2-9(11)12-8-5-3-4-7(10)6-8/h3-6H,2H2,1H3. The van der Waals surface area contributed by atoms with Gasteiger partial charge in [-0.1, -0.05) is 24.6 Å². The van der Waals surface area contributed by atoms with Crippen molar-refractivity contribution < 1.29 is 9.53 Å². The first-order chi connectivity index (χ1) is 5.72. The van der Waals surface area contributed by atoms with Gasteiger partial charge in [0.2, 0.25) is 0 Å². The zero-order chi connectivity index (χ0) is 8.97. The molecule has 0 aliphatic heterocycles. The van der Waals surface area contributed by atoms with E-state index in [0.717, 1.165) is 0 Å². The predicted octanol–water partition coefficient (Wildman–Crippen LogP) is 2.66. The summed E-state index contributed by atoms with van der Waals surface area (Å²) in [5.41, 5.74) is 0. The molecule has 1 aromatic carbocycles. The summed E-state index contributed by atoms with van der Waals surface area (Å²) in [7, 11) is 0. The molecule has 2 nitrogen and oxygen atoms in total. The molecule has 0 aromatic heterocycles. The van der Waals surface area contributed by atoms with Crippen LogP contribution in [0.3, 0.4) is 0 Å². The number of hydrogen-bond donors (Lipinski definition) is 0. The van der Waals surface area contributed by atoms with Crippen LogP contribution in [-0.4, -0.2) is 5.97 Å². The highest BCUT2D eigenvalue weighted by Crippen LogP contribution is 2.17. The average Bonchev–Trinajstić information content (AvgIpc) is 2.04. The summed E-state index contributed by atoms with van der Waals surface area (Å²) in [5.74, 6) is 0.242. The van der Waals surface area contributed by atoms with E-state index in [9.17, 15) is 4.79 Å². The number of esters is 1. The van der Waals surface area contributed by atoms with E-state index in [4.69, 9.17) is 16.3 Å². The van der Waals surface area contributed by atoms with E-state index in [0.29, 0.717) is 17.2 Å². The molecule has 0 radical (unpaired) electrons. The number of hydrogen-bond acceptors (Lipinski definition) is 2. The summed E-state index contributed by atoms with van der Waals surface area (Å²) in [4.78, 5) is 10.8. The fourth-order valence-corrected chi connectivity index (χ4v) is 0.914. The Morgan fingerprint density at radius 2 is 2.33 bits per heavy atom. The summed E-state index contributed by atoms with van der Waals surface area (Å²) in [6.07, 6.45) is 0.368. The van der Waals surface area contributed by atoms with Crippen molar-refractivity contribution in [3.05, 3.63) is 29.3 Å². The van der Waals surface area contributed by atoms with E-state index in [1.54, 1.807) is 31.2 Å². The molecule has 0 N–H and O–H groups in total. The van der Waals surface area contributed by atoms with Crippen molar-refractivity contribution in [2.24, 2.45) is 0 Å². The average molecular weight is 185 g/mol. The van der Waals surface area contributed by atoms with E-state index < -0.39 is 0 Å². The monoisotopic (exact) mass is 184 g/mol. The fourth-order valence-electron chi connectivity index (χ4n) is 0.734. The van der Waals surface area contributed by atoms with Crippen LogP contribution in [0.25, 0.3) is 0 Å². The van der Waals surface area contributed by atoms with Gasteiger partial charge in [-0.3, -0.25) is 4.79 Å². The number of rotatable bonds is 2. The highest BCUT2D eigenvalue weighted by molar-refractivity contribution is 6.30. The van der Waals surface area contributed by atoms with Gasteiger partial charge in [0.15, 0.2) is 0 Å². The molecule has 0 bridgehead atoms. The summed E-state index contributed by atoms with van der Waals surface area (Å²) >= 11 is 5.68. The lowest BCUT2D eigenvalue weighted by molar-refractivity contribution is -0.134. The molecule has 0 unspecified atom stereocenters. The smallest absolute Gasteiger partial charge is 0.310 e. The van der Waals surface area contributed by atoms with E-state index in [2.05, 4.69) is 0 Å². The Labute approximate surface area is 76.1 Å². The third kappa shape index (κ3) is 2.55. The van der Waals surface area contributed by atoms with Gasteiger partial charge in [0.25, 0.3) is 0 Å². The molecule has 0 aliphatic carbocycles. The van der Waals surface area contributed by atoms with Gasteiger partial charge < -0.3 is 4.74 Å². The molecule has 0 saturated heterocycles. The van der Waals surface area contributed by atoms with Crippen LogP contribution in [0.1, 0.15) is 13.3 Å². The van der Waals surface area contributed by atoms with E-state index in [1.165, 1.54) is 0 Å². The Balaban J connectivity index is 2.69. The Morgan fingerprint density at radius 1 is 1.58 bits per heavy atom. The molecule has 0 saturated carbocycles. The SMILES string of the molecule is CCC(=O)Oc1cccc(Cl)c1. The minimum absolute atomic E-state index is 0.253. The lowest BCUT2D eigenvalue weighted by Crippen LogP contribution is -2.05. The lowest BCUT2D eigenvalue weighted by Gasteiger charge is -2.01. The van der Waals surface area contributed by atoms with Gasteiger partial charge in [-0.2, -0.15) is 0 Å². The molecule has 1 rings (SSSR count). The molecular formula is C9H9ClO2. The first-order valence-corrected chi connectivity index (χ1v) is 4.06. The molecule has 12 heavy (non-hydrogen) atoms. The highest BCUT2D eigenvalue weighted by atomic mass is 35.5. The third-order valence-corrected chi connectivity index (χ3v) is 1.55. The number of halogens is 1. The van der Waals surface area contributed by atoms with Gasteiger partial charge >= 0.3 is 5.97 Å². The molecule has 64 valence electrons. The first kappa shape index (κ1) is 9.07. The molecule has 0 aliphatic rings. The quantitative estimate of drug-likeness (QED) is 0.522. The maximum Gasteiger partial charge on any atom is 0.310 e. The third-order valence-electron chi connectivity index (χ3n) is 1.32. The lowest BCUT2D eigenvalue weighted by atomic mass is 10.3. The van der Waals surface area contributed by atoms with Crippen LogP contribution in [0.5, 0.6) is 5.75 Å². The van der Waals surface area contributed by atoms with Gasteiger partial charge in [0.05, 0.1) is 0 Å². The maximum absolute atomic E-state index is 10.8. The topological polar surface area (TPSA) is 26.3 Å². The van der Waals surface area contributed by atoms with Crippen molar-refractivity contribution in [3.63, 3.8) is 0 Å². The second-order valence-electron chi connectivity index (χ2n) is 2.28. The van der Waals surface area contributed by atoms with Gasteiger partial charge in [0, 0.05) is 11.4 Å². The van der Waals surface area contributed by atoms with Gasteiger partial charge in [-0.25, -0.2) is 0 Å². The molecule has 0 spiro atoms. The van der Waals surface area contributed by atoms with E-state index in [1.807, 2.05) is 0 Å². The zero-order valence-corrected chi connectivity index (χ0v) is 7.47. The Morgan fingerprint density at radius 3 is 2.92 bits per heavy atom. The van der Waals surface area contributed by atoms with Crippen LogP contribution in [0.4, 0.5) is 0 Å². The maximum atomic E-state index is 10.8. The summed E-state index contributed by atoms with van der Waals surface area (Å²) < 4.78 is 4.92. The van der Waals surface area contributed by atoms with Crippen LogP contribution in [0.2, 0.25) is 5.02 Å². The van der Waals surface area contributed by atoms with Gasteiger partial charge in [-0.15, -0.1) is 0 Å². The van der Waals surface area contributed by atoms with Gasteiger partial charge in [0.1, 0.15) is 5.75 Å². The molecule has 0 fully saturated rings. The predicted molar refractivity (Wildman–Crippen MR) is 47.4 cm³/mol. The number of benzene rings is 1. The Kier molecular flexibility index (Phi) is 3.11. The van der Waals surface area contributed by atoms with Crippen molar-refractivity contribution in [1.29, 1.82) is 0 Å². The fraction of sp³-hybridized carbons (Fsp3) is 0.222. The number of carbonyl (C=O) groups is 1. The van der Waals surface area contributed by atoms with Crippen LogP contribution in [0.15, 0.2) is 24.3 Å². The summed E-state index contributed by atoms with van der Waals surface area (Å²) in [5, 5.41) is 0.566. The Bertz CT molecular complexity index is 284. The normalized spacial score (nSPS) is 9.50. The number of carbonyl (C=O) groups excluding carboxylic acids is 1. The zero-order valence-electron chi connectivity index (χ0n) is 6.71. The molecule has 0 amide bonds. The van der Waals surface area contributed by atoms with Crippen molar-refractivity contribution in [2.75, 3.05) is 0 Å². The van der Waals surface area contributed by atoms with E-state index in [-0.39, 0.29) is 5.97 Å². The minimum atomic E-state index is -0.253. The van der Waals surface area contributed by atoms with Crippen molar-refractivity contribution in [3.8, 4) is 5.75 Å². The molecular weight excluding hydrogens is 176 g/mol. The summed E-state index contributed by atoms with van der Waals surface area (Å²) in [6.45, 7) is 1.74. The van der Waals surface area contributed by atoms with Crippen LogP contribution in [-0.2, 0) is 4.79 Å². The number of ether oxygens (including phenoxy) is 1. The molecule has 1 aromatic rings. The minimum Gasteiger partial charge on any atom is -0.426 e. The largest absolute Gasteiger partial charge is 0.426 e.